The molecular formula is C36H36N4O4S. The smallest absolute Gasteiger partial charge is 0.273 e. The zero-order valence-corrected chi connectivity index (χ0v) is 26.8. The Balaban J connectivity index is 1.46. The summed E-state index contributed by atoms with van der Waals surface area (Å²) in [6.45, 7) is 8.22. The number of carbonyl (C=O) groups excluding carboxylic acids is 1. The van der Waals surface area contributed by atoms with Gasteiger partial charge in [-0.15, -0.1) is 0 Å². The van der Waals surface area contributed by atoms with Crippen molar-refractivity contribution in [1.29, 1.82) is 0 Å². The number of ether oxygens (including phenoxy) is 1. The van der Waals surface area contributed by atoms with E-state index in [2.05, 4.69) is 47.1 Å². The summed E-state index contributed by atoms with van der Waals surface area (Å²) >= 11 is 0. The van der Waals surface area contributed by atoms with E-state index in [4.69, 9.17) is 4.74 Å². The average molecular weight is 621 g/mol. The number of methoxy groups -OCH3 is 1. The Hall–Kier alpha value is -5.15. The van der Waals surface area contributed by atoms with Gasteiger partial charge < -0.3 is 9.30 Å². The number of anilines is 1. The van der Waals surface area contributed by atoms with Gasteiger partial charge >= 0.3 is 0 Å². The Morgan fingerprint density at radius 3 is 2.27 bits per heavy atom. The van der Waals surface area contributed by atoms with Gasteiger partial charge in [0.05, 0.1) is 36.0 Å². The highest BCUT2D eigenvalue weighted by atomic mass is 32.2. The summed E-state index contributed by atoms with van der Waals surface area (Å²) in [6, 6.07) is 30.4. The monoisotopic (exact) mass is 620 g/mol. The fourth-order valence-corrected chi connectivity index (χ4v) is 6.84. The Labute approximate surface area is 264 Å². The number of carbonyl (C=O) groups is 1. The van der Waals surface area contributed by atoms with Gasteiger partial charge in [-0.1, -0.05) is 60.2 Å². The van der Waals surface area contributed by atoms with Crippen LogP contribution in [0, 0.1) is 27.7 Å². The van der Waals surface area contributed by atoms with Gasteiger partial charge in [-0.05, 0) is 87.4 Å². The van der Waals surface area contributed by atoms with E-state index in [1.54, 1.807) is 42.6 Å². The molecule has 0 radical (unpaired) electrons. The van der Waals surface area contributed by atoms with Crippen molar-refractivity contribution < 1.29 is 17.9 Å². The molecule has 230 valence electrons. The SMILES string of the molecule is COc1ccc(S(=O)(=O)N(Cc2ccccc2)c2ccccc2C(=O)N/N=C\c2cc(C)n(-c3ccc(C)cc3C)c2C)cc1. The summed E-state index contributed by atoms with van der Waals surface area (Å²) in [4.78, 5) is 13.6. The first-order valence-electron chi connectivity index (χ1n) is 14.5. The molecule has 4 aromatic carbocycles. The highest BCUT2D eigenvalue weighted by molar-refractivity contribution is 7.92. The van der Waals surface area contributed by atoms with E-state index in [1.165, 1.54) is 29.1 Å². The van der Waals surface area contributed by atoms with Gasteiger partial charge in [-0.2, -0.15) is 5.10 Å². The molecule has 0 unspecified atom stereocenters. The van der Waals surface area contributed by atoms with E-state index >= 15 is 0 Å². The minimum atomic E-state index is -4.08. The molecule has 5 aromatic rings. The molecule has 5 rings (SSSR count). The lowest BCUT2D eigenvalue weighted by atomic mass is 10.1. The molecule has 9 heteroatoms. The molecule has 0 saturated carbocycles. The number of rotatable bonds is 10. The third kappa shape index (κ3) is 6.68. The van der Waals surface area contributed by atoms with E-state index in [9.17, 15) is 13.2 Å². The quantitative estimate of drug-likeness (QED) is 0.136. The number of hydrazone groups is 1. The van der Waals surface area contributed by atoms with Crippen LogP contribution in [-0.4, -0.2) is 32.2 Å². The van der Waals surface area contributed by atoms with E-state index in [1.807, 2.05) is 50.2 Å². The highest BCUT2D eigenvalue weighted by Crippen LogP contribution is 2.30. The third-order valence-corrected chi connectivity index (χ3v) is 9.44. The summed E-state index contributed by atoms with van der Waals surface area (Å²) in [5.41, 5.74) is 10.1. The number of aryl methyl sites for hydroxylation is 3. The average Bonchev–Trinajstić information content (AvgIpc) is 3.32. The molecule has 1 heterocycles. The second-order valence-corrected chi connectivity index (χ2v) is 12.7. The highest BCUT2D eigenvalue weighted by Gasteiger charge is 2.28. The summed E-state index contributed by atoms with van der Waals surface area (Å²) in [6.07, 6.45) is 1.61. The lowest BCUT2D eigenvalue weighted by Gasteiger charge is -2.26. The molecular weight excluding hydrogens is 584 g/mol. The van der Waals surface area contributed by atoms with Crippen LogP contribution in [0.2, 0.25) is 0 Å². The molecule has 1 N–H and O–H groups in total. The summed E-state index contributed by atoms with van der Waals surface area (Å²) in [5, 5.41) is 4.27. The molecule has 0 fully saturated rings. The Morgan fingerprint density at radius 2 is 1.58 bits per heavy atom. The van der Waals surface area contributed by atoms with Gasteiger partial charge in [0.1, 0.15) is 5.75 Å². The molecule has 1 aromatic heterocycles. The van der Waals surface area contributed by atoms with Gasteiger partial charge in [0.15, 0.2) is 0 Å². The molecule has 0 atom stereocenters. The number of amides is 1. The fraction of sp³-hybridized carbons (Fsp3) is 0.167. The van der Waals surface area contributed by atoms with Crippen molar-refractivity contribution in [2.75, 3.05) is 11.4 Å². The van der Waals surface area contributed by atoms with E-state index in [0.717, 1.165) is 33.8 Å². The van der Waals surface area contributed by atoms with E-state index in [0.29, 0.717) is 5.75 Å². The molecule has 0 aliphatic carbocycles. The standard InChI is InChI=1S/C36H36N4O4S/c1-25-15-20-34(26(2)21-25)40-27(3)22-30(28(40)4)23-37-38-36(41)33-13-9-10-14-35(33)39(24-29-11-7-6-8-12-29)45(42,43)32-18-16-31(44-5)17-19-32/h6-23H,24H2,1-5H3,(H,38,41)/b37-23-. The van der Waals surface area contributed by atoms with Crippen LogP contribution >= 0.6 is 0 Å². The number of nitrogens with zero attached hydrogens (tertiary/aromatic N) is 3. The normalized spacial score (nSPS) is 11.5. The zero-order chi connectivity index (χ0) is 32.1. The third-order valence-electron chi connectivity index (χ3n) is 7.67. The molecule has 0 aliphatic rings. The number of sulfonamides is 1. The van der Waals surface area contributed by atoms with Gasteiger partial charge in [-0.25, -0.2) is 13.8 Å². The molecule has 0 spiro atoms. The molecule has 45 heavy (non-hydrogen) atoms. The molecule has 1 amide bonds. The minimum Gasteiger partial charge on any atom is -0.497 e. The van der Waals surface area contributed by atoms with Crippen molar-refractivity contribution in [3.8, 4) is 11.4 Å². The maximum Gasteiger partial charge on any atom is 0.273 e. The van der Waals surface area contributed by atoms with Crippen molar-refractivity contribution in [2.45, 2.75) is 39.1 Å². The van der Waals surface area contributed by atoms with Crippen LogP contribution in [0.25, 0.3) is 5.69 Å². The fourth-order valence-electron chi connectivity index (χ4n) is 5.37. The lowest BCUT2D eigenvalue weighted by Crippen LogP contribution is -2.33. The maximum atomic E-state index is 14.1. The van der Waals surface area contributed by atoms with E-state index in [-0.39, 0.29) is 22.7 Å². The Bertz CT molecular complexity index is 1960. The summed E-state index contributed by atoms with van der Waals surface area (Å²) in [7, 11) is -2.56. The number of para-hydroxylation sites is 1. The Morgan fingerprint density at radius 1 is 0.889 bits per heavy atom. The van der Waals surface area contributed by atoms with Crippen molar-refractivity contribution in [2.24, 2.45) is 5.10 Å². The van der Waals surface area contributed by atoms with Crippen molar-refractivity contribution in [1.82, 2.24) is 9.99 Å². The molecule has 8 nitrogen and oxygen atoms in total. The number of hydrogen-bond acceptors (Lipinski definition) is 5. The topological polar surface area (TPSA) is 93.0 Å². The first-order chi connectivity index (χ1) is 21.6. The molecule has 0 saturated heterocycles. The van der Waals surface area contributed by atoms with Crippen LogP contribution in [-0.2, 0) is 16.6 Å². The molecule has 0 aliphatic heterocycles. The van der Waals surface area contributed by atoms with Gasteiger partial charge in [0, 0.05) is 22.6 Å². The largest absolute Gasteiger partial charge is 0.497 e. The first kappa shape index (κ1) is 31.3. The number of benzene rings is 4. The van der Waals surface area contributed by atoms with Gasteiger partial charge in [0.2, 0.25) is 0 Å². The Kier molecular flexibility index (Phi) is 9.20. The maximum absolute atomic E-state index is 14.1. The van der Waals surface area contributed by atoms with Gasteiger partial charge in [0.25, 0.3) is 15.9 Å². The van der Waals surface area contributed by atoms with Crippen LogP contribution in [0.5, 0.6) is 5.75 Å². The second kappa shape index (κ2) is 13.2. The van der Waals surface area contributed by atoms with Crippen LogP contribution in [0.4, 0.5) is 5.69 Å². The lowest BCUT2D eigenvalue weighted by molar-refractivity contribution is 0.0955. The number of hydrogen-bond donors (Lipinski definition) is 1. The van der Waals surface area contributed by atoms with Crippen LogP contribution in [0.3, 0.4) is 0 Å². The van der Waals surface area contributed by atoms with Crippen molar-refractivity contribution in [3.63, 3.8) is 0 Å². The molecule has 0 bridgehead atoms. The van der Waals surface area contributed by atoms with E-state index < -0.39 is 15.9 Å². The van der Waals surface area contributed by atoms with Crippen LogP contribution in [0.15, 0.2) is 113 Å². The van der Waals surface area contributed by atoms with Crippen molar-refractivity contribution in [3.05, 3.63) is 142 Å². The van der Waals surface area contributed by atoms with Crippen LogP contribution < -0.4 is 14.5 Å². The predicted molar refractivity (Wildman–Crippen MR) is 179 cm³/mol. The zero-order valence-electron chi connectivity index (χ0n) is 26.0. The first-order valence-corrected chi connectivity index (χ1v) is 15.9. The second-order valence-electron chi connectivity index (χ2n) is 10.8. The number of aromatic nitrogens is 1. The number of nitrogens with one attached hydrogen (secondary N) is 1. The van der Waals surface area contributed by atoms with Crippen molar-refractivity contribution >= 4 is 27.8 Å². The predicted octanol–water partition coefficient (Wildman–Crippen LogP) is 6.88. The van der Waals surface area contributed by atoms with Crippen LogP contribution in [0.1, 0.15) is 44.0 Å². The minimum absolute atomic E-state index is 0.0210. The van der Waals surface area contributed by atoms with Gasteiger partial charge in [-0.3, -0.25) is 9.10 Å². The summed E-state index contributed by atoms with van der Waals surface area (Å²) in [5.74, 6) is 0.00371. The summed E-state index contributed by atoms with van der Waals surface area (Å²) < 4.78 is 36.8.